The van der Waals surface area contributed by atoms with Crippen molar-refractivity contribution in [3.8, 4) is 5.69 Å². The minimum Gasteiger partial charge on any atom is -0.349 e. The Morgan fingerprint density at radius 1 is 1.09 bits per heavy atom. The third-order valence-electron chi connectivity index (χ3n) is 6.10. The van der Waals surface area contributed by atoms with E-state index in [1.807, 2.05) is 12.1 Å². The highest BCUT2D eigenvalue weighted by atomic mass is 19.1. The van der Waals surface area contributed by atoms with Crippen molar-refractivity contribution in [1.82, 2.24) is 20.0 Å². The molecule has 1 saturated carbocycles. The summed E-state index contributed by atoms with van der Waals surface area (Å²) < 4.78 is 15.1. The molecule has 5 rings (SSSR count). The van der Waals surface area contributed by atoms with Crippen molar-refractivity contribution in [3.63, 3.8) is 0 Å². The number of amides is 2. The van der Waals surface area contributed by atoms with Crippen LogP contribution in [0.5, 0.6) is 0 Å². The summed E-state index contributed by atoms with van der Waals surface area (Å²) in [6, 6.07) is 13.8. The van der Waals surface area contributed by atoms with E-state index in [4.69, 9.17) is 0 Å². The molecule has 0 aliphatic heterocycles. The third kappa shape index (κ3) is 4.02. The van der Waals surface area contributed by atoms with Crippen molar-refractivity contribution in [2.75, 3.05) is 7.05 Å². The summed E-state index contributed by atoms with van der Waals surface area (Å²) in [5, 5.41) is 7.59. The van der Waals surface area contributed by atoms with Gasteiger partial charge in [0, 0.05) is 36.5 Å². The average molecular weight is 432 g/mol. The van der Waals surface area contributed by atoms with Gasteiger partial charge in [-0.25, -0.2) is 9.07 Å². The summed E-state index contributed by atoms with van der Waals surface area (Å²) in [5.74, 6) is -0.491. The number of rotatable bonds is 6. The highest BCUT2D eigenvalue weighted by Crippen LogP contribution is 2.29. The Morgan fingerprint density at radius 3 is 2.50 bits per heavy atom. The average Bonchev–Trinajstić information content (AvgIpc) is 3.35. The van der Waals surface area contributed by atoms with Crippen molar-refractivity contribution in [1.29, 1.82) is 0 Å². The Morgan fingerprint density at radius 2 is 1.81 bits per heavy atom. The van der Waals surface area contributed by atoms with Gasteiger partial charge in [-0.05, 0) is 74.1 Å². The summed E-state index contributed by atoms with van der Waals surface area (Å²) in [5.41, 5.74) is 4.80. The summed E-state index contributed by atoms with van der Waals surface area (Å²) in [6.45, 7) is 0.418. The number of carbonyl (C=O) groups excluding carboxylic acids is 2. The van der Waals surface area contributed by atoms with Gasteiger partial charge in [0.05, 0.1) is 5.69 Å². The smallest absolute Gasteiger partial charge is 0.274 e. The third-order valence-corrected chi connectivity index (χ3v) is 6.10. The number of carbonyl (C=O) groups is 2. The molecule has 1 fully saturated rings. The lowest BCUT2D eigenvalue weighted by atomic mass is 10.1. The van der Waals surface area contributed by atoms with E-state index >= 15 is 0 Å². The fraction of sp³-hybridized carbons (Fsp3) is 0.320. The van der Waals surface area contributed by atoms with E-state index in [0.717, 1.165) is 54.6 Å². The molecule has 0 saturated heterocycles. The second-order valence-corrected chi connectivity index (χ2v) is 8.62. The molecule has 0 radical (unpaired) electrons. The summed E-state index contributed by atoms with van der Waals surface area (Å²) in [4.78, 5) is 27.0. The summed E-state index contributed by atoms with van der Waals surface area (Å²) in [7, 11) is 1.76. The van der Waals surface area contributed by atoms with Crippen LogP contribution in [0.25, 0.3) is 5.69 Å². The maximum absolute atomic E-state index is 13.3. The summed E-state index contributed by atoms with van der Waals surface area (Å²) >= 11 is 0. The molecule has 0 bridgehead atoms. The fourth-order valence-corrected chi connectivity index (χ4v) is 4.19. The zero-order valence-electron chi connectivity index (χ0n) is 18.0. The molecule has 2 aliphatic carbocycles. The summed E-state index contributed by atoms with van der Waals surface area (Å²) in [6.07, 6.45) is 4.74. The zero-order chi connectivity index (χ0) is 22.2. The van der Waals surface area contributed by atoms with Crippen LogP contribution in [0, 0.1) is 5.82 Å². The van der Waals surface area contributed by atoms with Crippen LogP contribution in [0.4, 0.5) is 4.39 Å². The zero-order valence-corrected chi connectivity index (χ0v) is 18.0. The monoisotopic (exact) mass is 432 g/mol. The Bertz CT molecular complexity index is 1160. The first-order valence-electron chi connectivity index (χ1n) is 11.0. The van der Waals surface area contributed by atoms with Gasteiger partial charge in [-0.2, -0.15) is 5.10 Å². The van der Waals surface area contributed by atoms with E-state index in [0.29, 0.717) is 23.8 Å². The quantitative estimate of drug-likeness (QED) is 0.646. The second-order valence-electron chi connectivity index (χ2n) is 8.62. The highest BCUT2D eigenvalue weighted by molar-refractivity contribution is 5.95. The molecule has 2 aromatic carbocycles. The van der Waals surface area contributed by atoms with E-state index in [9.17, 15) is 14.0 Å². The van der Waals surface area contributed by atoms with Crippen molar-refractivity contribution in [2.45, 2.75) is 44.7 Å². The van der Waals surface area contributed by atoms with Gasteiger partial charge in [0.25, 0.3) is 11.8 Å². The van der Waals surface area contributed by atoms with E-state index < -0.39 is 0 Å². The standard InChI is InChI=1S/C25H25FN4O2/c1-29(15-16-5-7-17(8-6-16)24(31)27-19-11-12-19)25(32)23-21-3-2-4-22(21)30(28-23)20-13-9-18(26)10-14-20/h5-10,13-14,19H,2-4,11-12,15H2,1H3,(H,27,31). The van der Waals surface area contributed by atoms with Gasteiger partial charge in [-0.3, -0.25) is 9.59 Å². The highest BCUT2D eigenvalue weighted by Gasteiger charge is 2.29. The Balaban J connectivity index is 1.32. The lowest BCUT2D eigenvalue weighted by Crippen LogP contribution is -2.28. The Hall–Kier alpha value is -3.48. The van der Waals surface area contributed by atoms with Crippen molar-refractivity contribution < 1.29 is 14.0 Å². The number of hydrogen-bond acceptors (Lipinski definition) is 3. The lowest BCUT2D eigenvalue weighted by molar-refractivity contribution is 0.0777. The van der Waals surface area contributed by atoms with Crippen LogP contribution in [0.15, 0.2) is 48.5 Å². The molecular formula is C25H25FN4O2. The topological polar surface area (TPSA) is 67.2 Å². The first kappa shape index (κ1) is 20.4. The first-order valence-corrected chi connectivity index (χ1v) is 11.0. The maximum Gasteiger partial charge on any atom is 0.274 e. The second kappa shape index (κ2) is 8.22. The minimum absolute atomic E-state index is 0.0506. The Kier molecular flexibility index (Phi) is 5.25. The number of nitrogens with one attached hydrogen (secondary N) is 1. The molecular weight excluding hydrogens is 407 g/mol. The van der Waals surface area contributed by atoms with Gasteiger partial charge < -0.3 is 10.2 Å². The van der Waals surface area contributed by atoms with Gasteiger partial charge in [-0.15, -0.1) is 0 Å². The predicted molar refractivity (Wildman–Crippen MR) is 118 cm³/mol. The maximum atomic E-state index is 13.3. The van der Waals surface area contributed by atoms with E-state index in [1.165, 1.54) is 12.1 Å². The minimum atomic E-state index is -0.301. The first-order chi connectivity index (χ1) is 15.5. The number of aromatic nitrogens is 2. The molecule has 7 heteroatoms. The van der Waals surface area contributed by atoms with Crippen molar-refractivity contribution in [2.24, 2.45) is 0 Å². The van der Waals surface area contributed by atoms with Crippen LogP contribution in [0.2, 0.25) is 0 Å². The molecule has 0 unspecified atom stereocenters. The molecule has 6 nitrogen and oxygen atoms in total. The number of halogens is 1. The Labute approximate surface area is 186 Å². The van der Waals surface area contributed by atoms with E-state index in [1.54, 1.807) is 40.9 Å². The molecule has 1 aromatic heterocycles. The predicted octanol–water partition coefficient (Wildman–Crippen LogP) is 3.66. The van der Waals surface area contributed by atoms with Crippen LogP contribution in [-0.4, -0.2) is 39.6 Å². The fourth-order valence-electron chi connectivity index (χ4n) is 4.19. The van der Waals surface area contributed by atoms with E-state index in [2.05, 4.69) is 10.4 Å². The molecule has 32 heavy (non-hydrogen) atoms. The largest absolute Gasteiger partial charge is 0.349 e. The molecule has 1 heterocycles. The molecule has 3 aromatic rings. The van der Waals surface area contributed by atoms with Crippen LogP contribution in [-0.2, 0) is 19.4 Å². The van der Waals surface area contributed by atoms with Gasteiger partial charge in [-0.1, -0.05) is 12.1 Å². The number of nitrogens with zero attached hydrogens (tertiary/aromatic N) is 3. The molecule has 0 atom stereocenters. The molecule has 2 aliphatic rings. The van der Waals surface area contributed by atoms with Gasteiger partial charge >= 0.3 is 0 Å². The van der Waals surface area contributed by atoms with Crippen molar-refractivity contribution in [3.05, 3.63) is 82.4 Å². The normalized spacial score (nSPS) is 14.8. The van der Waals surface area contributed by atoms with Crippen LogP contribution < -0.4 is 5.32 Å². The lowest BCUT2D eigenvalue weighted by Gasteiger charge is -2.17. The van der Waals surface area contributed by atoms with Crippen LogP contribution in [0.3, 0.4) is 0 Å². The molecule has 164 valence electrons. The molecule has 0 spiro atoms. The molecule has 1 N–H and O–H groups in total. The van der Waals surface area contributed by atoms with Crippen LogP contribution in [0.1, 0.15) is 56.9 Å². The number of hydrogen-bond donors (Lipinski definition) is 1. The number of benzene rings is 2. The van der Waals surface area contributed by atoms with Crippen LogP contribution >= 0.6 is 0 Å². The van der Waals surface area contributed by atoms with Gasteiger partial charge in [0.1, 0.15) is 5.82 Å². The van der Waals surface area contributed by atoms with Gasteiger partial charge in [0.15, 0.2) is 5.69 Å². The SMILES string of the molecule is CN(Cc1ccc(C(=O)NC2CC2)cc1)C(=O)c1nn(-c2ccc(F)cc2)c2c1CCC2. The van der Waals surface area contributed by atoms with Gasteiger partial charge in [0.2, 0.25) is 0 Å². The van der Waals surface area contributed by atoms with E-state index in [-0.39, 0.29) is 17.6 Å². The van der Waals surface area contributed by atoms with Crippen molar-refractivity contribution >= 4 is 11.8 Å². The molecule has 2 amide bonds. The number of fused-ring (bicyclic) bond motifs is 1.